The average Bonchev–Trinajstić information content (AvgIpc) is 3.15. The molecule has 2 aromatic heterocycles. The third-order valence-corrected chi connectivity index (χ3v) is 3.85. The molecular weight excluding hydrogens is 348 g/mol. The van der Waals surface area contributed by atoms with E-state index in [0.717, 1.165) is 10.9 Å². The summed E-state index contributed by atoms with van der Waals surface area (Å²) in [5.74, 6) is 1.98. The maximum absolute atomic E-state index is 11.3. The molecule has 2 aromatic carbocycles. The lowest BCUT2D eigenvalue weighted by atomic mass is 10.2. The van der Waals surface area contributed by atoms with Crippen LogP contribution in [0.25, 0.3) is 22.4 Å². The summed E-state index contributed by atoms with van der Waals surface area (Å²) in [7, 11) is 0. The van der Waals surface area contributed by atoms with Crippen molar-refractivity contribution in [3.63, 3.8) is 0 Å². The van der Waals surface area contributed by atoms with Crippen molar-refractivity contribution in [1.29, 1.82) is 0 Å². The predicted molar refractivity (Wildman–Crippen MR) is 97.7 cm³/mol. The summed E-state index contributed by atoms with van der Waals surface area (Å²) in [4.78, 5) is 15.7. The second-order valence-corrected chi connectivity index (χ2v) is 5.68. The molecule has 0 aliphatic rings. The number of hydrogen-bond acceptors (Lipinski definition) is 7. The quantitative estimate of drug-likeness (QED) is 0.481. The van der Waals surface area contributed by atoms with E-state index in [2.05, 4.69) is 10.1 Å². The van der Waals surface area contributed by atoms with Crippen molar-refractivity contribution in [2.75, 3.05) is 6.61 Å². The summed E-state index contributed by atoms with van der Waals surface area (Å²) < 4.78 is 21.7. The SMILES string of the molecule is CCOc1ccccc1-c1noc(COc2ccc3ccc(=O)oc3c2)n1. The molecule has 0 saturated carbocycles. The summed E-state index contributed by atoms with van der Waals surface area (Å²) in [5, 5.41) is 4.81. The molecule has 7 heteroatoms. The molecule has 0 saturated heterocycles. The fourth-order valence-electron chi connectivity index (χ4n) is 2.63. The van der Waals surface area contributed by atoms with Crippen LogP contribution in [0.4, 0.5) is 0 Å². The van der Waals surface area contributed by atoms with Crippen LogP contribution >= 0.6 is 0 Å². The van der Waals surface area contributed by atoms with Gasteiger partial charge in [0.1, 0.15) is 17.1 Å². The van der Waals surface area contributed by atoms with Gasteiger partial charge in [-0.05, 0) is 37.3 Å². The molecule has 0 atom stereocenters. The number of ether oxygens (including phenoxy) is 2. The number of para-hydroxylation sites is 1. The first-order chi connectivity index (χ1) is 13.2. The average molecular weight is 364 g/mol. The van der Waals surface area contributed by atoms with Gasteiger partial charge >= 0.3 is 5.63 Å². The minimum absolute atomic E-state index is 0.0897. The van der Waals surface area contributed by atoms with Gasteiger partial charge in [0.2, 0.25) is 5.82 Å². The first kappa shape index (κ1) is 16.8. The number of nitrogens with zero attached hydrogens (tertiary/aromatic N) is 2. The third kappa shape index (κ3) is 3.67. The Bertz CT molecular complexity index is 1130. The molecule has 0 N–H and O–H groups in total. The van der Waals surface area contributed by atoms with E-state index in [1.807, 2.05) is 37.3 Å². The number of aromatic nitrogens is 2. The summed E-state index contributed by atoms with van der Waals surface area (Å²) in [6, 6.07) is 15.8. The Balaban J connectivity index is 1.51. The second-order valence-electron chi connectivity index (χ2n) is 5.68. The number of fused-ring (bicyclic) bond motifs is 1. The van der Waals surface area contributed by atoms with Gasteiger partial charge in [0, 0.05) is 17.5 Å². The van der Waals surface area contributed by atoms with Crippen molar-refractivity contribution in [2.24, 2.45) is 0 Å². The zero-order chi connectivity index (χ0) is 18.6. The minimum Gasteiger partial charge on any atom is -0.493 e. The fourth-order valence-corrected chi connectivity index (χ4v) is 2.63. The van der Waals surface area contributed by atoms with Gasteiger partial charge in [0.15, 0.2) is 6.61 Å². The van der Waals surface area contributed by atoms with Crippen LogP contribution in [0.15, 0.2) is 68.3 Å². The molecule has 0 amide bonds. The first-order valence-corrected chi connectivity index (χ1v) is 8.44. The Labute approximate surface area is 154 Å². The normalized spacial score (nSPS) is 10.9. The number of rotatable bonds is 6. The smallest absolute Gasteiger partial charge is 0.336 e. The highest BCUT2D eigenvalue weighted by Gasteiger charge is 2.13. The van der Waals surface area contributed by atoms with Gasteiger partial charge in [-0.2, -0.15) is 4.98 Å². The minimum atomic E-state index is -0.408. The summed E-state index contributed by atoms with van der Waals surface area (Å²) in [6.07, 6.45) is 0. The van der Waals surface area contributed by atoms with Gasteiger partial charge in [-0.25, -0.2) is 4.79 Å². The van der Waals surface area contributed by atoms with E-state index < -0.39 is 5.63 Å². The molecule has 0 spiro atoms. The predicted octanol–water partition coefficient (Wildman–Crippen LogP) is 3.82. The van der Waals surface area contributed by atoms with Gasteiger partial charge in [-0.1, -0.05) is 17.3 Å². The van der Waals surface area contributed by atoms with Crippen molar-refractivity contribution in [3.8, 4) is 22.9 Å². The van der Waals surface area contributed by atoms with Crippen LogP contribution in [0.2, 0.25) is 0 Å². The van der Waals surface area contributed by atoms with Gasteiger partial charge in [-0.3, -0.25) is 0 Å². The Morgan fingerprint density at radius 1 is 1.04 bits per heavy atom. The molecule has 0 bridgehead atoms. The lowest BCUT2D eigenvalue weighted by Crippen LogP contribution is -1.98. The van der Waals surface area contributed by atoms with E-state index in [1.54, 1.807) is 18.2 Å². The molecule has 0 unspecified atom stereocenters. The van der Waals surface area contributed by atoms with Gasteiger partial charge in [0.05, 0.1) is 12.2 Å². The van der Waals surface area contributed by atoms with E-state index in [4.69, 9.17) is 18.4 Å². The van der Waals surface area contributed by atoms with E-state index in [9.17, 15) is 4.79 Å². The van der Waals surface area contributed by atoms with Gasteiger partial charge < -0.3 is 18.4 Å². The van der Waals surface area contributed by atoms with E-state index in [1.165, 1.54) is 6.07 Å². The van der Waals surface area contributed by atoms with Crippen molar-refractivity contribution >= 4 is 11.0 Å². The van der Waals surface area contributed by atoms with Crippen LogP contribution in [0.5, 0.6) is 11.5 Å². The Morgan fingerprint density at radius 2 is 1.89 bits per heavy atom. The van der Waals surface area contributed by atoms with Crippen LogP contribution in [-0.4, -0.2) is 16.7 Å². The van der Waals surface area contributed by atoms with E-state index in [-0.39, 0.29) is 6.61 Å². The largest absolute Gasteiger partial charge is 0.493 e. The first-order valence-electron chi connectivity index (χ1n) is 8.44. The molecule has 136 valence electrons. The summed E-state index contributed by atoms with van der Waals surface area (Å²) in [6.45, 7) is 2.55. The highest BCUT2D eigenvalue weighted by atomic mass is 16.5. The fraction of sp³-hybridized carbons (Fsp3) is 0.150. The molecule has 0 radical (unpaired) electrons. The van der Waals surface area contributed by atoms with Crippen molar-refractivity contribution in [1.82, 2.24) is 10.1 Å². The molecule has 0 fully saturated rings. The Hall–Kier alpha value is -3.61. The second kappa shape index (κ2) is 7.33. The van der Waals surface area contributed by atoms with Crippen molar-refractivity contribution in [3.05, 3.63) is 70.9 Å². The van der Waals surface area contributed by atoms with E-state index >= 15 is 0 Å². The number of hydrogen-bond donors (Lipinski definition) is 0. The van der Waals surface area contributed by atoms with Gasteiger partial charge in [0.25, 0.3) is 5.89 Å². The highest BCUT2D eigenvalue weighted by molar-refractivity contribution is 5.77. The van der Waals surface area contributed by atoms with E-state index in [0.29, 0.717) is 35.4 Å². The molecule has 0 aliphatic heterocycles. The molecule has 7 nitrogen and oxygen atoms in total. The highest BCUT2D eigenvalue weighted by Crippen LogP contribution is 2.28. The Kier molecular flexibility index (Phi) is 4.57. The molecular formula is C20H16N2O5. The topological polar surface area (TPSA) is 87.6 Å². The van der Waals surface area contributed by atoms with Crippen LogP contribution in [0.1, 0.15) is 12.8 Å². The van der Waals surface area contributed by atoms with Crippen LogP contribution in [-0.2, 0) is 6.61 Å². The molecule has 4 aromatic rings. The standard InChI is InChI=1S/C20H16N2O5/c1-2-24-16-6-4-3-5-15(16)20-21-18(27-22-20)12-25-14-9-7-13-8-10-19(23)26-17(13)11-14/h3-11H,2,12H2,1H3. The van der Waals surface area contributed by atoms with Crippen molar-refractivity contribution < 1.29 is 18.4 Å². The maximum atomic E-state index is 11.3. The van der Waals surface area contributed by atoms with Crippen LogP contribution in [0, 0.1) is 0 Å². The zero-order valence-corrected chi connectivity index (χ0v) is 14.5. The Morgan fingerprint density at radius 3 is 2.78 bits per heavy atom. The molecule has 27 heavy (non-hydrogen) atoms. The maximum Gasteiger partial charge on any atom is 0.336 e. The molecule has 4 rings (SSSR count). The lowest BCUT2D eigenvalue weighted by Gasteiger charge is -2.06. The number of benzene rings is 2. The van der Waals surface area contributed by atoms with Crippen LogP contribution < -0.4 is 15.1 Å². The monoisotopic (exact) mass is 364 g/mol. The molecule has 2 heterocycles. The third-order valence-electron chi connectivity index (χ3n) is 3.85. The molecule has 0 aliphatic carbocycles. The van der Waals surface area contributed by atoms with Crippen LogP contribution in [0.3, 0.4) is 0 Å². The van der Waals surface area contributed by atoms with Crippen molar-refractivity contribution in [2.45, 2.75) is 13.5 Å². The lowest BCUT2D eigenvalue weighted by molar-refractivity contribution is 0.243. The zero-order valence-electron chi connectivity index (χ0n) is 14.5. The van der Waals surface area contributed by atoms with Gasteiger partial charge in [-0.15, -0.1) is 0 Å². The summed E-state index contributed by atoms with van der Waals surface area (Å²) >= 11 is 0. The summed E-state index contributed by atoms with van der Waals surface area (Å²) in [5.41, 5.74) is 0.799.